The van der Waals surface area contributed by atoms with Gasteiger partial charge in [0.25, 0.3) is 0 Å². The standard InChI is InChI=1S/C11H24N2/c1-4-11(8-7-9-12-11)10-13(5-2)6-3/h12H,4-10H2,1-3H3. The normalized spacial score (nSPS) is 28.6. The molecular formula is C11H24N2. The maximum atomic E-state index is 3.68. The molecule has 0 aromatic carbocycles. The van der Waals surface area contributed by atoms with Crippen molar-refractivity contribution < 1.29 is 0 Å². The lowest BCUT2D eigenvalue weighted by Gasteiger charge is -2.34. The maximum Gasteiger partial charge on any atom is 0.0306 e. The largest absolute Gasteiger partial charge is 0.310 e. The van der Waals surface area contributed by atoms with Crippen LogP contribution in [0.5, 0.6) is 0 Å². The molecule has 13 heavy (non-hydrogen) atoms. The van der Waals surface area contributed by atoms with Crippen LogP contribution in [-0.4, -0.2) is 36.6 Å². The van der Waals surface area contributed by atoms with Crippen molar-refractivity contribution in [3.05, 3.63) is 0 Å². The van der Waals surface area contributed by atoms with Crippen molar-refractivity contribution in [3.8, 4) is 0 Å². The van der Waals surface area contributed by atoms with Crippen molar-refractivity contribution in [1.29, 1.82) is 0 Å². The van der Waals surface area contributed by atoms with E-state index in [0.29, 0.717) is 5.54 Å². The highest BCUT2D eigenvalue weighted by atomic mass is 15.2. The van der Waals surface area contributed by atoms with Crippen molar-refractivity contribution in [2.45, 2.75) is 45.6 Å². The summed E-state index contributed by atoms with van der Waals surface area (Å²) < 4.78 is 0. The first-order chi connectivity index (χ1) is 6.26. The second-order valence-electron chi connectivity index (χ2n) is 4.13. The van der Waals surface area contributed by atoms with Crippen LogP contribution >= 0.6 is 0 Å². The summed E-state index contributed by atoms with van der Waals surface area (Å²) in [5.41, 5.74) is 0.437. The molecule has 0 spiro atoms. The van der Waals surface area contributed by atoms with Crippen LogP contribution < -0.4 is 5.32 Å². The molecular weight excluding hydrogens is 160 g/mol. The van der Waals surface area contributed by atoms with Gasteiger partial charge >= 0.3 is 0 Å². The zero-order valence-corrected chi connectivity index (χ0v) is 9.40. The number of nitrogens with zero attached hydrogens (tertiary/aromatic N) is 1. The van der Waals surface area contributed by atoms with Gasteiger partial charge in [-0.15, -0.1) is 0 Å². The Morgan fingerprint density at radius 2 is 1.92 bits per heavy atom. The van der Waals surface area contributed by atoms with Crippen LogP contribution in [0.3, 0.4) is 0 Å². The minimum atomic E-state index is 0.437. The summed E-state index contributed by atoms with van der Waals surface area (Å²) in [6.45, 7) is 11.6. The SMILES string of the molecule is CCN(CC)CC1(CC)CCCN1. The molecule has 1 rings (SSSR count). The summed E-state index contributed by atoms with van der Waals surface area (Å²) in [7, 11) is 0. The molecule has 1 atom stereocenters. The lowest BCUT2D eigenvalue weighted by atomic mass is 9.93. The van der Waals surface area contributed by atoms with E-state index in [1.807, 2.05) is 0 Å². The van der Waals surface area contributed by atoms with Gasteiger partial charge < -0.3 is 10.2 Å². The van der Waals surface area contributed by atoms with E-state index in [-0.39, 0.29) is 0 Å². The third kappa shape index (κ3) is 2.68. The second-order valence-corrected chi connectivity index (χ2v) is 4.13. The number of rotatable bonds is 5. The van der Waals surface area contributed by atoms with Crippen LogP contribution in [0.4, 0.5) is 0 Å². The molecule has 0 bridgehead atoms. The van der Waals surface area contributed by atoms with E-state index in [1.54, 1.807) is 0 Å². The summed E-state index contributed by atoms with van der Waals surface area (Å²) in [4.78, 5) is 2.53. The first-order valence-corrected chi connectivity index (χ1v) is 5.73. The highest BCUT2D eigenvalue weighted by Gasteiger charge is 2.32. The molecule has 1 saturated heterocycles. The van der Waals surface area contributed by atoms with E-state index in [2.05, 4.69) is 31.0 Å². The quantitative estimate of drug-likeness (QED) is 0.701. The van der Waals surface area contributed by atoms with Crippen LogP contribution in [0.2, 0.25) is 0 Å². The minimum Gasteiger partial charge on any atom is -0.310 e. The molecule has 0 aliphatic carbocycles. The molecule has 1 aliphatic rings. The Kier molecular flexibility index (Phi) is 4.20. The van der Waals surface area contributed by atoms with Gasteiger partial charge in [-0.05, 0) is 38.9 Å². The minimum absolute atomic E-state index is 0.437. The number of likely N-dealkylation sites (N-methyl/N-ethyl adjacent to an activating group) is 1. The topological polar surface area (TPSA) is 15.3 Å². The average Bonchev–Trinajstić information content (AvgIpc) is 2.63. The van der Waals surface area contributed by atoms with E-state index >= 15 is 0 Å². The molecule has 0 aromatic heterocycles. The lowest BCUT2D eigenvalue weighted by molar-refractivity contribution is 0.202. The Labute approximate surface area is 82.7 Å². The Morgan fingerprint density at radius 3 is 2.31 bits per heavy atom. The molecule has 0 saturated carbocycles. The lowest BCUT2D eigenvalue weighted by Crippen LogP contribution is -2.49. The molecule has 1 unspecified atom stereocenters. The molecule has 0 aromatic rings. The van der Waals surface area contributed by atoms with Gasteiger partial charge in [0.1, 0.15) is 0 Å². The highest BCUT2D eigenvalue weighted by Crippen LogP contribution is 2.23. The maximum absolute atomic E-state index is 3.68. The fourth-order valence-corrected chi connectivity index (χ4v) is 2.29. The van der Waals surface area contributed by atoms with Crippen molar-refractivity contribution in [1.82, 2.24) is 10.2 Å². The Balaban J connectivity index is 2.46. The van der Waals surface area contributed by atoms with Crippen molar-refractivity contribution in [2.75, 3.05) is 26.2 Å². The van der Waals surface area contributed by atoms with E-state index in [4.69, 9.17) is 0 Å². The fraction of sp³-hybridized carbons (Fsp3) is 1.00. The van der Waals surface area contributed by atoms with Gasteiger partial charge in [-0.25, -0.2) is 0 Å². The number of hydrogen-bond acceptors (Lipinski definition) is 2. The van der Waals surface area contributed by atoms with E-state index in [0.717, 1.165) is 0 Å². The summed E-state index contributed by atoms with van der Waals surface area (Å²) in [6, 6.07) is 0. The summed E-state index contributed by atoms with van der Waals surface area (Å²) in [5, 5.41) is 3.68. The molecule has 1 heterocycles. The van der Waals surface area contributed by atoms with Gasteiger partial charge in [-0.2, -0.15) is 0 Å². The van der Waals surface area contributed by atoms with Crippen molar-refractivity contribution in [2.24, 2.45) is 0 Å². The van der Waals surface area contributed by atoms with Crippen LogP contribution in [0.1, 0.15) is 40.0 Å². The fourth-order valence-electron chi connectivity index (χ4n) is 2.29. The predicted octanol–water partition coefficient (Wildman–Crippen LogP) is 1.86. The van der Waals surface area contributed by atoms with Crippen LogP contribution in [-0.2, 0) is 0 Å². The van der Waals surface area contributed by atoms with Gasteiger partial charge in [-0.1, -0.05) is 20.8 Å². The zero-order chi connectivity index (χ0) is 9.73. The molecule has 1 fully saturated rings. The first kappa shape index (κ1) is 11.0. The van der Waals surface area contributed by atoms with Gasteiger partial charge in [-0.3, -0.25) is 0 Å². The molecule has 0 amide bonds. The summed E-state index contributed by atoms with van der Waals surface area (Å²) in [6.07, 6.45) is 3.98. The molecule has 2 heteroatoms. The van der Waals surface area contributed by atoms with Gasteiger partial charge in [0.05, 0.1) is 0 Å². The highest BCUT2D eigenvalue weighted by molar-refractivity contribution is 4.94. The average molecular weight is 184 g/mol. The molecule has 78 valence electrons. The van der Waals surface area contributed by atoms with Gasteiger partial charge in [0.2, 0.25) is 0 Å². The van der Waals surface area contributed by atoms with Crippen LogP contribution in [0.15, 0.2) is 0 Å². The third-order valence-corrected chi connectivity index (χ3v) is 3.43. The number of hydrogen-bond donors (Lipinski definition) is 1. The van der Waals surface area contributed by atoms with E-state index in [1.165, 1.54) is 45.4 Å². The van der Waals surface area contributed by atoms with Gasteiger partial charge in [0, 0.05) is 12.1 Å². The summed E-state index contributed by atoms with van der Waals surface area (Å²) in [5.74, 6) is 0. The van der Waals surface area contributed by atoms with Crippen molar-refractivity contribution in [3.63, 3.8) is 0 Å². The van der Waals surface area contributed by atoms with E-state index < -0.39 is 0 Å². The Morgan fingerprint density at radius 1 is 1.23 bits per heavy atom. The van der Waals surface area contributed by atoms with Crippen LogP contribution in [0, 0.1) is 0 Å². The van der Waals surface area contributed by atoms with Gasteiger partial charge in [0.15, 0.2) is 0 Å². The Bertz CT molecular complexity index is 135. The predicted molar refractivity (Wildman–Crippen MR) is 58.0 cm³/mol. The Hall–Kier alpha value is -0.0800. The zero-order valence-electron chi connectivity index (χ0n) is 9.40. The molecule has 0 radical (unpaired) electrons. The first-order valence-electron chi connectivity index (χ1n) is 5.73. The molecule has 1 aliphatic heterocycles. The molecule has 1 N–H and O–H groups in total. The van der Waals surface area contributed by atoms with Crippen molar-refractivity contribution >= 4 is 0 Å². The molecule has 2 nitrogen and oxygen atoms in total. The second kappa shape index (κ2) is 4.97. The third-order valence-electron chi connectivity index (χ3n) is 3.43. The smallest absolute Gasteiger partial charge is 0.0306 e. The van der Waals surface area contributed by atoms with Crippen LogP contribution in [0.25, 0.3) is 0 Å². The summed E-state index contributed by atoms with van der Waals surface area (Å²) >= 11 is 0. The monoisotopic (exact) mass is 184 g/mol. The number of nitrogens with one attached hydrogen (secondary N) is 1. The van der Waals surface area contributed by atoms with E-state index in [9.17, 15) is 0 Å².